The zero-order valence-electron chi connectivity index (χ0n) is 15.2. The van der Waals surface area contributed by atoms with E-state index in [1.807, 2.05) is 6.26 Å². The molecule has 0 saturated heterocycles. The number of thioether (sulfide) groups is 1. The number of carbonyl (C=O) groups excluding carboxylic acids is 3. The van der Waals surface area contributed by atoms with Crippen LogP contribution in [0.1, 0.15) is 22.5 Å². The van der Waals surface area contributed by atoms with Gasteiger partial charge in [-0.1, -0.05) is 28.1 Å². The summed E-state index contributed by atoms with van der Waals surface area (Å²) < 4.78 is 6.40. The summed E-state index contributed by atoms with van der Waals surface area (Å²) in [6.07, 6.45) is 3.47. The van der Waals surface area contributed by atoms with Crippen molar-refractivity contribution < 1.29 is 23.9 Å². The van der Waals surface area contributed by atoms with E-state index >= 15 is 0 Å². The Bertz CT molecular complexity index is 912. The third kappa shape index (κ3) is 7.37. The molecule has 0 aliphatic heterocycles. The Balaban J connectivity index is 2.27. The number of halogens is 2. The fourth-order valence-corrected chi connectivity index (χ4v) is 3.27. The summed E-state index contributed by atoms with van der Waals surface area (Å²) in [7, 11) is 0. The first-order valence-electron chi connectivity index (χ1n) is 8.34. The van der Waals surface area contributed by atoms with Crippen molar-refractivity contribution >= 4 is 67.5 Å². The summed E-state index contributed by atoms with van der Waals surface area (Å²) in [5.41, 5.74) is 0.508. The van der Waals surface area contributed by atoms with Gasteiger partial charge in [-0.3, -0.25) is 9.59 Å². The minimum Gasteiger partial charge on any atom is -0.548 e. The number of carboxylic acid groups (broad SMARTS) is 1. The van der Waals surface area contributed by atoms with Crippen molar-refractivity contribution in [2.45, 2.75) is 12.5 Å². The molecule has 2 aromatic rings. The van der Waals surface area contributed by atoms with Gasteiger partial charge in [0.2, 0.25) is 0 Å². The van der Waals surface area contributed by atoms with Gasteiger partial charge in [-0.25, -0.2) is 0 Å². The zero-order chi connectivity index (χ0) is 21.4. The van der Waals surface area contributed by atoms with E-state index in [2.05, 4.69) is 42.5 Å². The van der Waals surface area contributed by atoms with Gasteiger partial charge in [0, 0.05) is 4.47 Å². The lowest BCUT2D eigenvalue weighted by Crippen LogP contribution is -2.50. The van der Waals surface area contributed by atoms with Crippen molar-refractivity contribution in [3.63, 3.8) is 0 Å². The number of rotatable bonds is 9. The molecule has 2 rings (SSSR count). The second-order valence-electron chi connectivity index (χ2n) is 5.79. The standard InChI is InChI=1S/C19H18Br2N2O5S/c1-29-9-8-13(19(26)27)22-17(24)14(10-11-2-4-12(20)5-3-11)23-18(25)15-6-7-16(21)28-15/h2-7,10,13H,8-9H2,1H3,(H,22,24)(H,23,25)(H,26,27)/p-1/b14-10-/t13-/m0/s1. The highest BCUT2D eigenvalue weighted by molar-refractivity contribution is 9.10. The third-order valence-corrected chi connectivity index (χ3v) is 5.27. The Hall–Kier alpha value is -2.04. The fraction of sp³-hybridized carbons (Fsp3) is 0.211. The number of furan rings is 1. The third-order valence-electron chi connectivity index (χ3n) is 3.67. The summed E-state index contributed by atoms with van der Waals surface area (Å²) in [6.45, 7) is 0. The number of benzene rings is 1. The minimum atomic E-state index is -1.39. The Morgan fingerprint density at radius 2 is 1.86 bits per heavy atom. The molecule has 0 aliphatic carbocycles. The molecule has 0 radical (unpaired) electrons. The van der Waals surface area contributed by atoms with Crippen molar-refractivity contribution in [3.05, 3.63) is 62.6 Å². The van der Waals surface area contributed by atoms with Crippen LogP contribution in [0.5, 0.6) is 0 Å². The number of nitrogens with one attached hydrogen (secondary N) is 2. The Morgan fingerprint density at radius 1 is 1.17 bits per heavy atom. The van der Waals surface area contributed by atoms with Crippen LogP contribution in [0.3, 0.4) is 0 Å². The Morgan fingerprint density at radius 3 is 2.41 bits per heavy atom. The van der Waals surface area contributed by atoms with Crippen molar-refractivity contribution in [1.29, 1.82) is 0 Å². The number of carbonyl (C=O) groups is 3. The molecule has 0 spiro atoms. The van der Waals surface area contributed by atoms with Crippen LogP contribution in [0.25, 0.3) is 6.08 Å². The highest BCUT2D eigenvalue weighted by Crippen LogP contribution is 2.16. The number of hydrogen-bond acceptors (Lipinski definition) is 6. The lowest BCUT2D eigenvalue weighted by atomic mass is 10.1. The Kier molecular flexibility index (Phi) is 8.99. The molecule has 0 bridgehead atoms. The average Bonchev–Trinajstić information content (AvgIpc) is 3.12. The molecule has 1 atom stereocenters. The van der Waals surface area contributed by atoms with Crippen molar-refractivity contribution in [2.75, 3.05) is 12.0 Å². The van der Waals surface area contributed by atoms with Crippen molar-refractivity contribution in [3.8, 4) is 0 Å². The molecule has 1 aromatic carbocycles. The molecule has 7 nitrogen and oxygen atoms in total. The first-order chi connectivity index (χ1) is 13.8. The molecule has 2 N–H and O–H groups in total. The van der Waals surface area contributed by atoms with E-state index in [-0.39, 0.29) is 17.9 Å². The van der Waals surface area contributed by atoms with E-state index in [0.29, 0.717) is 16.0 Å². The van der Waals surface area contributed by atoms with Crippen LogP contribution in [-0.2, 0) is 9.59 Å². The quantitative estimate of drug-likeness (QED) is 0.469. The predicted molar refractivity (Wildman–Crippen MR) is 116 cm³/mol. The Labute approximate surface area is 188 Å². The van der Waals surface area contributed by atoms with E-state index in [0.717, 1.165) is 4.47 Å². The van der Waals surface area contributed by atoms with Crippen LogP contribution in [0.15, 0.2) is 55.7 Å². The van der Waals surface area contributed by atoms with Crippen LogP contribution >= 0.6 is 43.6 Å². The zero-order valence-corrected chi connectivity index (χ0v) is 19.2. The lowest BCUT2D eigenvalue weighted by molar-refractivity contribution is -0.308. The van der Waals surface area contributed by atoms with Gasteiger partial charge in [0.1, 0.15) is 5.70 Å². The van der Waals surface area contributed by atoms with Crippen LogP contribution in [0.2, 0.25) is 0 Å². The van der Waals surface area contributed by atoms with Gasteiger partial charge in [0.25, 0.3) is 11.8 Å². The van der Waals surface area contributed by atoms with Crippen LogP contribution in [-0.4, -0.2) is 35.8 Å². The lowest BCUT2D eigenvalue weighted by Gasteiger charge is -2.20. The van der Waals surface area contributed by atoms with Crippen molar-refractivity contribution in [1.82, 2.24) is 10.6 Å². The topological polar surface area (TPSA) is 111 Å². The number of aliphatic carboxylic acids is 1. The van der Waals surface area contributed by atoms with E-state index < -0.39 is 23.8 Å². The summed E-state index contributed by atoms with van der Waals surface area (Å²) >= 11 is 7.88. The maximum absolute atomic E-state index is 12.7. The van der Waals surface area contributed by atoms with E-state index in [1.54, 1.807) is 30.3 Å². The second-order valence-corrected chi connectivity index (χ2v) is 8.48. The number of amides is 2. The highest BCUT2D eigenvalue weighted by Gasteiger charge is 2.20. The molecular formula is C19H17Br2N2O5S-. The van der Waals surface area contributed by atoms with Crippen LogP contribution in [0.4, 0.5) is 0 Å². The van der Waals surface area contributed by atoms with Crippen molar-refractivity contribution in [2.24, 2.45) is 0 Å². The van der Waals surface area contributed by atoms with Crippen LogP contribution in [0, 0.1) is 0 Å². The molecule has 0 unspecified atom stereocenters. The van der Waals surface area contributed by atoms with E-state index in [1.165, 1.54) is 23.9 Å². The first-order valence-corrected chi connectivity index (χ1v) is 11.3. The van der Waals surface area contributed by atoms with Gasteiger partial charge >= 0.3 is 0 Å². The summed E-state index contributed by atoms with van der Waals surface area (Å²) in [5.74, 6) is -2.27. The van der Waals surface area contributed by atoms with Gasteiger partial charge < -0.3 is 25.0 Å². The fourth-order valence-electron chi connectivity index (χ4n) is 2.22. The van der Waals surface area contributed by atoms with Gasteiger partial charge in [-0.15, -0.1) is 0 Å². The number of hydrogen-bond donors (Lipinski definition) is 2. The smallest absolute Gasteiger partial charge is 0.291 e. The van der Waals surface area contributed by atoms with Gasteiger partial charge in [0.15, 0.2) is 10.4 Å². The second kappa shape index (κ2) is 11.2. The maximum Gasteiger partial charge on any atom is 0.291 e. The first kappa shape index (κ1) is 23.2. The monoisotopic (exact) mass is 543 g/mol. The minimum absolute atomic E-state index is 0.00906. The molecule has 154 valence electrons. The SMILES string of the molecule is CSCC[C@H](NC(=O)/C(=C/c1ccc(Br)cc1)NC(=O)c1ccc(Br)o1)C(=O)[O-]. The summed E-state index contributed by atoms with van der Waals surface area (Å²) in [5, 5.41) is 16.2. The normalized spacial score (nSPS) is 12.3. The molecule has 10 heteroatoms. The van der Waals surface area contributed by atoms with Gasteiger partial charge in [-0.05, 0) is 70.3 Å². The van der Waals surface area contributed by atoms with E-state index in [9.17, 15) is 19.5 Å². The van der Waals surface area contributed by atoms with Gasteiger partial charge in [0.05, 0.1) is 12.0 Å². The molecule has 2 amide bonds. The molecular weight excluding hydrogens is 528 g/mol. The molecule has 0 fully saturated rings. The van der Waals surface area contributed by atoms with Gasteiger partial charge in [-0.2, -0.15) is 11.8 Å². The molecule has 29 heavy (non-hydrogen) atoms. The summed E-state index contributed by atoms with van der Waals surface area (Å²) in [6, 6.07) is 8.81. The largest absolute Gasteiger partial charge is 0.548 e. The molecule has 1 heterocycles. The number of carboxylic acids is 1. The van der Waals surface area contributed by atoms with E-state index in [4.69, 9.17) is 4.42 Å². The predicted octanol–water partition coefficient (Wildman–Crippen LogP) is 2.56. The molecule has 0 aliphatic rings. The van der Waals surface area contributed by atoms with Crippen LogP contribution < -0.4 is 15.7 Å². The highest BCUT2D eigenvalue weighted by atomic mass is 79.9. The summed E-state index contributed by atoms with van der Waals surface area (Å²) in [4.78, 5) is 36.5. The maximum atomic E-state index is 12.7. The average molecular weight is 545 g/mol. The molecule has 0 saturated carbocycles. The molecule has 1 aromatic heterocycles.